The molecule has 0 unspecified atom stereocenters. The zero-order valence-corrected chi connectivity index (χ0v) is 19.1. The first-order valence-electron chi connectivity index (χ1n) is 11.4. The van der Waals surface area contributed by atoms with Crippen molar-refractivity contribution in [3.63, 3.8) is 0 Å². The van der Waals surface area contributed by atoms with E-state index in [1.54, 1.807) is 0 Å². The van der Waals surface area contributed by atoms with Crippen LogP contribution in [0.5, 0.6) is 0 Å². The molecular weight excluding hydrogens is 404 g/mol. The topological polar surface area (TPSA) is 75.8 Å². The monoisotopic (exact) mass is 436 g/mol. The van der Waals surface area contributed by atoms with Crippen LogP contribution in [0.15, 0.2) is 47.0 Å². The molecule has 0 aliphatic carbocycles. The normalized spacial score (nSPS) is 15.3. The number of aryl methyl sites for hydroxylation is 1. The molecule has 1 fully saturated rings. The maximum Gasteiger partial charge on any atom is 0.410 e. The second kappa shape index (κ2) is 9.33. The van der Waals surface area contributed by atoms with Gasteiger partial charge in [-0.2, -0.15) is 0 Å². The van der Waals surface area contributed by atoms with E-state index in [-0.39, 0.29) is 12.7 Å². The van der Waals surface area contributed by atoms with Crippen molar-refractivity contribution in [2.24, 2.45) is 5.92 Å². The van der Waals surface area contributed by atoms with Crippen molar-refractivity contribution in [2.75, 3.05) is 13.1 Å². The Hall–Kier alpha value is -2.86. The molecule has 1 aromatic heterocycles. The van der Waals surface area contributed by atoms with E-state index in [2.05, 4.69) is 5.16 Å². The van der Waals surface area contributed by atoms with Crippen LogP contribution in [0.2, 0.25) is 0 Å². The maximum absolute atomic E-state index is 12.3. The number of hydrogen-bond acceptors (Lipinski definition) is 5. The van der Waals surface area contributed by atoms with E-state index < -0.39 is 5.60 Å². The van der Waals surface area contributed by atoms with Gasteiger partial charge in [-0.3, -0.25) is 0 Å². The molecule has 6 nitrogen and oxygen atoms in total. The van der Waals surface area contributed by atoms with Gasteiger partial charge in [0.2, 0.25) is 0 Å². The number of rotatable bonds is 5. The van der Waals surface area contributed by atoms with E-state index >= 15 is 0 Å². The highest BCUT2D eigenvalue weighted by atomic mass is 16.6. The first kappa shape index (κ1) is 22.3. The number of hydrogen-bond donors (Lipinski definition) is 1. The largest absolute Gasteiger partial charge is 0.444 e. The highest BCUT2D eigenvalue weighted by molar-refractivity contribution is 5.89. The number of fused-ring (bicyclic) bond motifs is 1. The Morgan fingerprint density at radius 3 is 2.53 bits per heavy atom. The van der Waals surface area contributed by atoms with Crippen LogP contribution in [0.4, 0.5) is 4.79 Å². The Bertz CT molecular complexity index is 1060. The zero-order chi connectivity index (χ0) is 22.7. The summed E-state index contributed by atoms with van der Waals surface area (Å²) >= 11 is 0. The van der Waals surface area contributed by atoms with Crippen LogP contribution >= 0.6 is 0 Å². The van der Waals surface area contributed by atoms with Crippen molar-refractivity contribution in [3.05, 3.63) is 53.7 Å². The summed E-state index contributed by atoms with van der Waals surface area (Å²) in [4.78, 5) is 14.1. The van der Waals surface area contributed by atoms with Crippen LogP contribution in [0.3, 0.4) is 0 Å². The van der Waals surface area contributed by atoms with Crippen molar-refractivity contribution in [3.8, 4) is 11.1 Å². The average Bonchev–Trinajstić information content (AvgIpc) is 3.20. The Labute approximate surface area is 189 Å². The summed E-state index contributed by atoms with van der Waals surface area (Å²) in [5, 5.41) is 15.3. The van der Waals surface area contributed by atoms with E-state index in [0.717, 1.165) is 66.5 Å². The lowest BCUT2D eigenvalue weighted by Gasteiger charge is -2.33. The van der Waals surface area contributed by atoms with Gasteiger partial charge < -0.3 is 19.3 Å². The molecule has 1 aliphatic rings. The molecule has 4 rings (SSSR count). The highest BCUT2D eigenvalue weighted by Crippen LogP contribution is 2.33. The zero-order valence-electron chi connectivity index (χ0n) is 19.1. The second-order valence-electron chi connectivity index (χ2n) is 9.57. The number of aromatic nitrogens is 1. The van der Waals surface area contributed by atoms with E-state index in [9.17, 15) is 9.90 Å². The average molecular weight is 437 g/mol. The Morgan fingerprint density at radius 2 is 1.88 bits per heavy atom. The molecule has 3 aromatic rings. The van der Waals surface area contributed by atoms with Crippen molar-refractivity contribution < 1.29 is 19.2 Å². The van der Waals surface area contributed by atoms with Gasteiger partial charge in [0, 0.05) is 24.0 Å². The van der Waals surface area contributed by atoms with E-state index in [0.29, 0.717) is 11.5 Å². The van der Waals surface area contributed by atoms with Crippen LogP contribution in [-0.2, 0) is 17.8 Å². The van der Waals surface area contributed by atoms with Gasteiger partial charge in [0.15, 0.2) is 5.58 Å². The first-order chi connectivity index (χ1) is 15.4. The number of likely N-dealkylation sites (tertiary alicyclic amines) is 1. The Kier molecular flexibility index (Phi) is 6.51. The van der Waals surface area contributed by atoms with Crippen molar-refractivity contribution in [2.45, 2.75) is 58.7 Å². The lowest BCUT2D eigenvalue weighted by Crippen LogP contribution is -2.41. The quantitative estimate of drug-likeness (QED) is 0.566. The number of piperidine rings is 1. The predicted octanol–water partition coefficient (Wildman–Crippen LogP) is 5.57. The minimum Gasteiger partial charge on any atom is -0.444 e. The third-order valence-electron chi connectivity index (χ3n) is 6.12. The number of carbonyl (C=O) groups is 1. The molecule has 2 heterocycles. The first-order valence-corrected chi connectivity index (χ1v) is 11.4. The molecule has 2 aromatic carbocycles. The number of aliphatic hydroxyl groups excluding tert-OH is 1. The van der Waals surface area contributed by atoms with Gasteiger partial charge in [-0.25, -0.2) is 4.79 Å². The summed E-state index contributed by atoms with van der Waals surface area (Å²) in [5.74, 6) is 0.543. The van der Waals surface area contributed by atoms with Gasteiger partial charge in [0.1, 0.15) is 5.60 Å². The Morgan fingerprint density at radius 1 is 1.16 bits per heavy atom. The molecule has 32 heavy (non-hydrogen) atoms. The van der Waals surface area contributed by atoms with Gasteiger partial charge in [0.05, 0.1) is 12.3 Å². The minimum absolute atomic E-state index is 0.0979. The summed E-state index contributed by atoms with van der Waals surface area (Å²) in [6.45, 7) is 7.04. The van der Waals surface area contributed by atoms with Crippen molar-refractivity contribution in [1.82, 2.24) is 10.1 Å². The molecule has 170 valence electrons. The standard InChI is InChI=1S/C26H32N2O4/c1-26(2,3)31-25(30)28-15-13-18(14-16-28)9-12-23-21-11-10-20(19-7-5-4-6-8-19)22(17-29)24(21)32-27-23/h4-8,10-11,18,29H,9,12-17H2,1-3H3. The van der Waals surface area contributed by atoms with Crippen LogP contribution in [-0.4, -0.2) is 39.9 Å². The van der Waals surface area contributed by atoms with Gasteiger partial charge in [0.25, 0.3) is 0 Å². The van der Waals surface area contributed by atoms with Crippen LogP contribution in [0, 0.1) is 5.92 Å². The number of nitrogens with zero attached hydrogens (tertiary/aromatic N) is 2. The number of ether oxygens (including phenoxy) is 1. The number of benzene rings is 2. The molecule has 1 N–H and O–H groups in total. The molecule has 6 heteroatoms. The number of aliphatic hydroxyl groups is 1. The molecule has 0 saturated carbocycles. The smallest absolute Gasteiger partial charge is 0.410 e. The third-order valence-corrected chi connectivity index (χ3v) is 6.12. The van der Waals surface area contributed by atoms with Crippen molar-refractivity contribution >= 4 is 17.1 Å². The fraction of sp³-hybridized carbons (Fsp3) is 0.462. The molecule has 0 atom stereocenters. The van der Waals surface area contributed by atoms with Crippen LogP contribution in [0.1, 0.15) is 51.3 Å². The number of carbonyl (C=O) groups excluding carboxylic acids is 1. The molecule has 1 amide bonds. The molecular formula is C26H32N2O4. The second-order valence-corrected chi connectivity index (χ2v) is 9.57. The summed E-state index contributed by atoms with van der Waals surface area (Å²) < 4.78 is 11.2. The molecule has 0 radical (unpaired) electrons. The summed E-state index contributed by atoms with van der Waals surface area (Å²) in [7, 11) is 0. The molecule has 0 spiro atoms. The van der Waals surface area contributed by atoms with E-state index in [1.807, 2.05) is 68.1 Å². The molecule has 1 aliphatic heterocycles. The highest BCUT2D eigenvalue weighted by Gasteiger charge is 2.27. The maximum atomic E-state index is 12.3. The molecule has 1 saturated heterocycles. The minimum atomic E-state index is -0.463. The van der Waals surface area contributed by atoms with E-state index in [4.69, 9.17) is 9.26 Å². The lowest BCUT2D eigenvalue weighted by atomic mass is 9.91. The van der Waals surface area contributed by atoms with Crippen LogP contribution < -0.4 is 0 Å². The lowest BCUT2D eigenvalue weighted by molar-refractivity contribution is 0.0181. The predicted molar refractivity (Wildman–Crippen MR) is 124 cm³/mol. The van der Waals surface area contributed by atoms with Gasteiger partial charge >= 0.3 is 6.09 Å². The fourth-order valence-electron chi connectivity index (χ4n) is 4.41. The van der Waals surface area contributed by atoms with Crippen molar-refractivity contribution in [1.29, 1.82) is 0 Å². The third kappa shape index (κ3) is 4.96. The summed E-state index contributed by atoms with van der Waals surface area (Å²) in [6.07, 6.45) is 3.53. The molecule has 0 bridgehead atoms. The van der Waals surface area contributed by atoms with Crippen LogP contribution in [0.25, 0.3) is 22.1 Å². The SMILES string of the molecule is CC(C)(C)OC(=O)N1CCC(CCc2noc3c(CO)c(-c4ccccc4)ccc23)CC1. The van der Waals surface area contributed by atoms with Gasteiger partial charge in [-0.05, 0) is 69.6 Å². The fourth-order valence-corrected chi connectivity index (χ4v) is 4.41. The number of amides is 1. The van der Waals surface area contributed by atoms with E-state index in [1.165, 1.54) is 0 Å². The summed E-state index contributed by atoms with van der Waals surface area (Å²) in [6, 6.07) is 14.1. The van der Waals surface area contributed by atoms with Gasteiger partial charge in [-0.15, -0.1) is 0 Å². The van der Waals surface area contributed by atoms with Gasteiger partial charge in [-0.1, -0.05) is 41.6 Å². The summed E-state index contributed by atoms with van der Waals surface area (Å²) in [5.41, 5.74) is 3.94. The Balaban J connectivity index is 1.40.